The van der Waals surface area contributed by atoms with Crippen LogP contribution in [0.15, 0.2) is 16.8 Å². The van der Waals surface area contributed by atoms with Gasteiger partial charge in [0, 0.05) is 31.6 Å². The lowest BCUT2D eigenvalue weighted by molar-refractivity contribution is -0.131. The number of fused-ring (bicyclic) bond motifs is 2. The normalized spacial score (nSPS) is 25.8. The van der Waals surface area contributed by atoms with Crippen molar-refractivity contribution in [2.75, 3.05) is 13.1 Å². The molecule has 3 nitrogen and oxygen atoms in total. The van der Waals surface area contributed by atoms with E-state index in [2.05, 4.69) is 27.0 Å². The summed E-state index contributed by atoms with van der Waals surface area (Å²) in [7, 11) is 0. The number of hydrogen-bond acceptors (Lipinski definition) is 3. The van der Waals surface area contributed by atoms with E-state index >= 15 is 0 Å². The van der Waals surface area contributed by atoms with Crippen LogP contribution in [0.4, 0.5) is 0 Å². The fraction of sp³-hybridized carbons (Fsp3) is 0.643. The Bertz CT molecular complexity index is 410. The molecular formula is C14H21ClN2OS. The molecule has 2 unspecified atom stereocenters. The van der Waals surface area contributed by atoms with E-state index in [-0.39, 0.29) is 12.4 Å². The van der Waals surface area contributed by atoms with Crippen molar-refractivity contribution >= 4 is 29.7 Å². The number of halogens is 1. The zero-order chi connectivity index (χ0) is 12.4. The van der Waals surface area contributed by atoms with Gasteiger partial charge in [-0.05, 0) is 48.1 Å². The second kappa shape index (κ2) is 6.73. The first-order valence-electron chi connectivity index (χ1n) is 6.86. The number of carbonyl (C=O) groups excluding carboxylic acids is 1. The third-order valence-electron chi connectivity index (χ3n) is 4.08. The standard InChI is InChI=1S/C14H20N2OS.ClH/c17-14(4-1-11-6-8-18-10-11)16-7-5-12-2-3-13(9-16)15-12;/h6,8,10,12-13,15H,1-5,7,9H2;1H. The summed E-state index contributed by atoms with van der Waals surface area (Å²) in [6.45, 7) is 1.86. The van der Waals surface area contributed by atoms with Gasteiger partial charge in [0.15, 0.2) is 0 Å². The quantitative estimate of drug-likeness (QED) is 0.930. The number of carbonyl (C=O) groups is 1. The lowest BCUT2D eigenvalue weighted by Gasteiger charge is -2.24. The van der Waals surface area contributed by atoms with E-state index in [1.165, 1.54) is 18.4 Å². The maximum atomic E-state index is 12.2. The summed E-state index contributed by atoms with van der Waals surface area (Å²) in [6, 6.07) is 3.32. The third-order valence-corrected chi connectivity index (χ3v) is 4.82. The molecule has 0 saturated carbocycles. The van der Waals surface area contributed by atoms with Gasteiger partial charge in [0.25, 0.3) is 0 Å². The molecule has 1 amide bonds. The molecule has 2 fully saturated rings. The van der Waals surface area contributed by atoms with Gasteiger partial charge in [-0.2, -0.15) is 11.3 Å². The van der Waals surface area contributed by atoms with Crippen molar-refractivity contribution in [2.45, 2.75) is 44.2 Å². The number of likely N-dealkylation sites (tertiary alicyclic amines) is 1. The van der Waals surface area contributed by atoms with Crippen LogP contribution < -0.4 is 5.32 Å². The van der Waals surface area contributed by atoms with Gasteiger partial charge in [0.1, 0.15) is 0 Å². The molecule has 106 valence electrons. The maximum absolute atomic E-state index is 12.2. The highest BCUT2D eigenvalue weighted by atomic mass is 35.5. The largest absolute Gasteiger partial charge is 0.341 e. The summed E-state index contributed by atoms with van der Waals surface area (Å²) in [5.74, 6) is 0.329. The Labute approximate surface area is 124 Å². The van der Waals surface area contributed by atoms with Crippen LogP contribution in [-0.2, 0) is 11.2 Å². The lowest BCUT2D eigenvalue weighted by atomic mass is 10.1. The summed E-state index contributed by atoms with van der Waals surface area (Å²) in [6.07, 6.45) is 5.20. The van der Waals surface area contributed by atoms with Crippen LogP contribution in [0.25, 0.3) is 0 Å². The molecule has 0 spiro atoms. The van der Waals surface area contributed by atoms with Crippen molar-refractivity contribution < 1.29 is 4.79 Å². The zero-order valence-electron chi connectivity index (χ0n) is 11.0. The van der Waals surface area contributed by atoms with Crippen molar-refractivity contribution in [1.82, 2.24) is 10.2 Å². The Balaban J connectivity index is 0.00000133. The van der Waals surface area contributed by atoms with Gasteiger partial charge < -0.3 is 10.2 Å². The molecule has 0 aromatic carbocycles. The highest BCUT2D eigenvalue weighted by molar-refractivity contribution is 7.07. The predicted molar refractivity (Wildman–Crippen MR) is 81.0 cm³/mol. The third kappa shape index (κ3) is 3.71. The molecule has 2 saturated heterocycles. The smallest absolute Gasteiger partial charge is 0.222 e. The molecule has 3 rings (SSSR count). The molecule has 0 radical (unpaired) electrons. The molecule has 1 aromatic heterocycles. The Hall–Kier alpha value is -0.580. The Morgan fingerprint density at radius 3 is 3.00 bits per heavy atom. The van der Waals surface area contributed by atoms with E-state index in [9.17, 15) is 4.79 Å². The van der Waals surface area contributed by atoms with Crippen molar-refractivity contribution in [3.8, 4) is 0 Å². The second-order valence-electron chi connectivity index (χ2n) is 5.40. The molecule has 1 aromatic rings. The van der Waals surface area contributed by atoms with Crippen molar-refractivity contribution in [2.24, 2.45) is 0 Å². The number of rotatable bonds is 3. The monoisotopic (exact) mass is 300 g/mol. The van der Waals surface area contributed by atoms with Crippen LogP contribution in [0, 0.1) is 0 Å². The van der Waals surface area contributed by atoms with Gasteiger partial charge >= 0.3 is 0 Å². The maximum Gasteiger partial charge on any atom is 0.222 e. The van der Waals surface area contributed by atoms with E-state index in [0.29, 0.717) is 24.4 Å². The minimum Gasteiger partial charge on any atom is -0.341 e. The molecule has 2 atom stereocenters. The molecule has 2 aliphatic heterocycles. The predicted octanol–water partition coefficient (Wildman–Crippen LogP) is 2.46. The van der Waals surface area contributed by atoms with Crippen LogP contribution in [0.2, 0.25) is 0 Å². The zero-order valence-corrected chi connectivity index (χ0v) is 12.6. The van der Waals surface area contributed by atoms with E-state index in [1.807, 2.05) is 0 Å². The molecule has 5 heteroatoms. The number of thiophene rings is 1. The fourth-order valence-corrected chi connectivity index (χ4v) is 3.72. The first-order valence-corrected chi connectivity index (χ1v) is 7.80. The number of hydrogen-bond donors (Lipinski definition) is 1. The minimum atomic E-state index is 0. The molecule has 2 aliphatic rings. The molecule has 2 bridgehead atoms. The van der Waals surface area contributed by atoms with Crippen LogP contribution in [0.5, 0.6) is 0 Å². The van der Waals surface area contributed by atoms with Crippen LogP contribution in [-0.4, -0.2) is 36.0 Å². The molecule has 19 heavy (non-hydrogen) atoms. The topological polar surface area (TPSA) is 32.3 Å². The molecule has 3 heterocycles. The number of amides is 1. The van der Waals surface area contributed by atoms with Crippen molar-refractivity contribution in [3.63, 3.8) is 0 Å². The highest BCUT2D eigenvalue weighted by Gasteiger charge is 2.30. The summed E-state index contributed by atoms with van der Waals surface area (Å²) < 4.78 is 0. The summed E-state index contributed by atoms with van der Waals surface area (Å²) in [5.41, 5.74) is 1.29. The number of nitrogens with zero attached hydrogens (tertiary/aromatic N) is 1. The fourth-order valence-electron chi connectivity index (χ4n) is 3.01. The van der Waals surface area contributed by atoms with Crippen molar-refractivity contribution in [1.29, 1.82) is 0 Å². The minimum absolute atomic E-state index is 0. The van der Waals surface area contributed by atoms with Crippen LogP contribution in [0.1, 0.15) is 31.2 Å². The molecule has 1 N–H and O–H groups in total. The van der Waals surface area contributed by atoms with E-state index in [4.69, 9.17) is 0 Å². The average Bonchev–Trinajstić information content (AvgIpc) is 2.96. The molecule has 0 aliphatic carbocycles. The van der Waals surface area contributed by atoms with Gasteiger partial charge in [0.05, 0.1) is 0 Å². The van der Waals surface area contributed by atoms with Crippen LogP contribution >= 0.6 is 23.7 Å². The van der Waals surface area contributed by atoms with Gasteiger partial charge in [0.2, 0.25) is 5.91 Å². The average molecular weight is 301 g/mol. The SMILES string of the molecule is Cl.O=C(CCc1ccsc1)N1CCC2CCC(C1)N2. The first-order chi connectivity index (χ1) is 8.81. The Morgan fingerprint density at radius 1 is 1.37 bits per heavy atom. The Kier molecular flexibility index (Phi) is 5.25. The number of nitrogens with one attached hydrogen (secondary N) is 1. The highest BCUT2D eigenvalue weighted by Crippen LogP contribution is 2.21. The second-order valence-corrected chi connectivity index (χ2v) is 6.18. The van der Waals surface area contributed by atoms with E-state index in [0.717, 1.165) is 25.9 Å². The van der Waals surface area contributed by atoms with Gasteiger partial charge in [-0.15, -0.1) is 12.4 Å². The van der Waals surface area contributed by atoms with Gasteiger partial charge in [-0.25, -0.2) is 0 Å². The lowest BCUT2D eigenvalue weighted by Crippen LogP contribution is -2.39. The van der Waals surface area contributed by atoms with Crippen LogP contribution in [0.3, 0.4) is 0 Å². The summed E-state index contributed by atoms with van der Waals surface area (Å²) >= 11 is 1.71. The summed E-state index contributed by atoms with van der Waals surface area (Å²) in [4.78, 5) is 14.3. The number of aryl methyl sites for hydroxylation is 1. The Morgan fingerprint density at radius 2 is 2.21 bits per heavy atom. The molecular weight excluding hydrogens is 280 g/mol. The first kappa shape index (κ1) is 14.8. The summed E-state index contributed by atoms with van der Waals surface area (Å²) in [5, 5.41) is 7.83. The van der Waals surface area contributed by atoms with Gasteiger partial charge in [-0.3, -0.25) is 4.79 Å². The van der Waals surface area contributed by atoms with Gasteiger partial charge in [-0.1, -0.05) is 0 Å². The van der Waals surface area contributed by atoms with Crippen molar-refractivity contribution in [3.05, 3.63) is 22.4 Å². The van der Waals surface area contributed by atoms with E-state index < -0.39 is 0 Å². The van der Waals surface area contributed by atoms with E-state index in [1.54, 1.807) is 11.3 Å².